The van der Waals surface area contributed by atoms with E-state index in [1.165, 1.54) is 0 Å². The Balaban J connectivity index is 1.85. The summed E-state index contributed by atoms with van der Waals surface area (Å²) in [5.41, 5.74) is 0.485. The number of tetrazole rings is 1. The summed E-state index contributed by atoms with van der Waals surface area (Å²) in [7, 11) is 0. The summed E-state index contributed by atoms with van der Waals surface area (Å²) in [6.07, 6.45) is 0.871. The van der Waals surface area contributed by atoms with Crippen LogP contribution in [0.4, 0.5) is 0 Å². The van der Waals surface area contributed by atoms with E-state index in [4.69, 9.17) is 4.74 Å². The molecule has 0 saturated heterocycles. The van der Waals surface area contributed by atoms with Crippen molar-refractivity contribution in [3.8, 4) is 0 Å². The van der Waals surface area contributed by atoms with Crippen LogP contribution in [0.15, 0.2) is 30.3 Å². The molecule has 1 amide bonds. The van der Waals surface area contributed by atoms with Gasteiger partial charge in [0.2, 0.25) is 0 Å². The molecule has 2 rings (SSSR count). The highest BCUT2D eigenvalue weighted by molar-refractivity contribution is 5.96. The van der Waals surface area contributed by atoms with Crippen LogP contribution in [0.3, 0.4) is 0 Å². The standard InChI is InChI=1S/C15H19N5O3/c1-3-9-20-13(17-18-19-20)10-23-15(22)11(2)16-14(21)12-7-5-4-6-8-12/h4-8,11H,3,9-10H2,1-2H3,(H,16,21). The fourth-order valence-electron chi connectivity index (χ4n) is 1.90. The molecule has 0 spiro atoms. The zero-order chi connectivity index (χ0) is 16.7. The molecule has 0 saturated carbocycles. The van der Waals surface area contributed by atoms with Crippen LogP contribution in [-0.2, 0) is 22.7 Å². The van der Waals surface area contributed by atoms with E-state index in [2.05, 4.69) is 20.8 Å². The number of benzene rings is 1. The van der Waals surface area contributed by atoms with Gasteiger partial charge in [0.1, 0.15) is 6.04 Å². The Labute approximate surface area is 133 Å². The van der Waals surface area contributed by atoms with Crippen LogP contribution >= 0.6 is 0 Å². The molecule has 1 N–H and O–H groups in total. The molecule has 0 radical (unpaired) electrons. The number of aromatic nitrogens is 4. The molecular formula is C15H19N5O3. The fourth-order valence-corrected chi connectivity index (χ4v) is 1.90. The van der Waals surface area contributed by atoms with Gasteiger partial charge in [-0.2, -0.15) is 0 Å². The van der Waals surface area contributed by atoms with Gasteiger partial charge in [0.25, 0.3) is 5.91 Å². The molecular weight excluding hydrogens is 298 g/mol. The van der Waals surface area contributed by atoms with Crippen molar-refractivity contribution in [2.45, 2.75) is 39.5 Å². The molecule has 1 heterocycles. The maximum absolute atomic E-state index is 12.0. The summed E-state index contributed by atoms with van der Waals surface area (Å²) in [6, 6.07) is 7.91. The first-order valence-corrected chi connectivity index (χ1v) is 7.39. The average Bonchev–Trinajstić information content (AvgIpc) is 3.01. The maximum atomic E-state index is 12.0. The number of esters is 1. The molecule has 1 aromatic heterocycles. The number of carbonyl (C=O) groups is 2. The summed E-state index contributed by atoms with van der Waals surface area (Å²) >= 11 is 0. The van der Waals surface area contributed by atoms with Crippen molar-refractivity contribution in [1.82, 2.24) is 25.5 Å². The molecule has 0 aliphatic heterocycles. The molecule has 23 heavy (non-hydrogen) atoms. The number of hydrogen-bond donors (Lipinski definition) is 1. The second-order valence-electron chi connectivity index (χ2n) is 4.99. The molecule has 1 aromatic carbocycles. The Morgan fingerprint density at radius 2 is 2.04 bits per heavy atom. The highest BCUT2D eigenvalue weighted by Crippen LogP contribution is 2.02. The number of ether oxygens (including phenoxy) is 1. The maximum Gasteiger partial charge on any atom is 0.328 e. The van der Waals surface area contributed by atoms with Crippen molar-refractivity contribution < 1.29 is 14.3 Å². The largest absolute Gasteiger partial charge is 0.456 e. The second-order valence-corrected chi connectivity index (χ2v) is 4.99. The van der Waals surface area contributed by atoms with Crippen LogP contribution in [0.5, 0.6) is 0 Å². The van der Waals surface area contributed by atoms with Crippen molar-refractivity contribution in [1.29, 1.82) is 0 Å². The predicted molar refractivity (Wildman–Crippen MR) is 81.3 cm³/mol. The third-order valence-electron chi connectivity index (χ3n) is 3.12. The van der Waals surface area contributed by atoms with Gasteiger partial charge < -0.3 is 10.1 Å². The van der Waals surface area contributed by atoms with Gasteiger partial charge in [0, 0.05) is 12.1 Å². The Bertz CT molecular complexity index is 656. The van der Waals surface area contributed by atoms with E-state index in [1.807, 2.05) is 13.0 Å². The number of aryl methyl sites for hydroxylation is 1. The van der Waals surface area contributed by atoms with E-state index in [-0.39, 0.29) is 12.5 Å². The third kappa shape index (κ3) is 4.60. The van der Waals surface area contributed by atoms with Gasteiger partial charge in [0.05, 0.1) is 0 Å². The second kappa shape index (κ2) is 8.02. The van der Waals surface area contributed by atoms with Crippen LogP contribution in [0.1, 0.15) is 36.5 Å². The number of nitrogens with zero attached hydrogens (tertiary/aromatic N) is 4. The van der Waals surface area contributed by atoms with Crippen LogP contribution in [0.25, 0.3) is 0 Å². The van der Waals surface area contributed by atoms with E-state index in [1.54, 1.807) is 35.9 Å². The molecule has 122 valence electrons. The zero-order valence-corrected chi connectivity index (χ0v) is 13.1. The SMILES string of the molecule is CCCn1nnnc1COC(=O)C(C)NC(=O)c1ccccc1. The molecule has 0 bridgehead atoms. The third-order valence-corrected chi connectivity index (χ3v) is 3.12. The molecule has 0 aliphatic carbocycles. The topological polar surface area (TPSA) is 99.0 Å². The van der Waals surface area contributed by atoms with Crippen LogP contribution in [-0.4, -0.2) is 38.1 Å². The lowest BCUT2D eigenvalue weighted by Crippen LogP contribution is -2.39. The van der Waals surface area contributed by atoms with Gasteiger partial charge in [0.15, 0.2) is 12.4 Å². The van der Waals surface area contributed by atoms with Crippen molar-refractivity contribution in [2.24, 2.45) is 0 Å². The van der Waals surface area contributed by atoms with Gasteiger partial charge >= 0.3 is 5.97 Å². The first-order valence-electron chi connectivity index (χ1n) is 7.39. The summed E-state index contributed by atoms with van der Waals surface area (Å²) in [4.78, 5) is 23.9. The minimum Gasteiger partial charge on any atom is -0.456 e. The summed E-state index contributed by atoms with van der Waals surface area (Å²) < 4.78 is 6.74. The van der Waals surface area contributed by atoms with Crippen LogP contribution in [0.2, 0.25) is 0 Å². The highest BCUT2D eigenvalue weighted by Gasteiger charge is 2.19. The van der Waals surface area contributed by atoms with E-state index in [0.717, 1.165) is 6.42 Å². The number of nitrogens with one attached hydrogen (secondary N) is 1. The lowest BCUT2D eigenvalue weighted by Gasteiger charge is -2.13. The number of hydrogen-bond acceptors (Lipinski definition) is 6. The zero-order valence-electron chi connectivity index (χ0n) is 13.1. The lowest BCUT2D eigenvalue weighted by molar-refractivity contribution is -0.147. The Hall–Kier alpha value is -2.77. The Morgan fingerprint density at radius 1 is 1.30 bits per heavy atom. The average molecular weight is 317 g/mol. The monoisotopic (exact) mass is 317 g/mol. The van der Waals surface area contributed by atoms with E-state index < -0.39 is 12.0 Å². The van der Waals surface area contributed by atoms with Gasteiger partial charge in [-0.05, 0) is 35.9 Å². The predicted octanol–water partition coefficient (Wildman–Crippen LogP) is 0.945. The van der Waals surface area contributed by atoms with Crippen molar-refractivity contribution in [3.63, 3.8) is 0 Å². The lowest BCUT2D eigenvalue weighted by atomic mass is 10.2. The Morgan fingerprint density at radius 3 is 2.74 bits per heavy atom. The van der Waals surface area contributed by atoms with Gasteiger partial charge in [-0.25, -0.2) is 9.48 Å². The summed E-state index contributed by atoms with van der Waals surface area (Å²) in [5.74, 6) is -0.395. The van der Waals surface area contributed by atoms with Gasteiger partial charge in [-0.3, -0.25) is 4.79 Å². The number of amides is 1. The Kier molecular flexibility index (Phi) is 5.79. The van der Waals surface area contributed by atoms with Crippen LogP contribution < -0.4 is 5.32 Å². The molecule has 8 nitrogen and oxygen atoms in total. The highest BCUT2D eigenvalue weighted by atomic mass is 16.5. The fraction of sp³-hybridized carbons (Fsp3) is 0.400. The molecule has 8 heteroatoms. The summed E-state index contributed by atoms with van der Waals surface area (Å²) in [6.45, 7) is 4.19. The summed E-state index contributed by atoms with van der Waals surface area (Å²) in [5, 5.41) is 13.8. The van der Waals surface area contributed by atoms with Crippen LogP contribution in [0, 0.1) is 0 Å². The molecule has 2 aromatic rings. The van der Waals surface area contributed by atoms with E-state index >= 15 is 0 Å². The molecule has 1 unspecified atom stereocenters. The number of carbonyl (C=O) groups excluding carboxylic acids is 2. The normalized spacial score (nSPS) is 11.7. The first-order chi connectivity index (χ1) is 11.1. The number of rotatable bonds is 7. The molecule has 0 aliphatic rings. The minimum absolute atomic E-state index is 0.0304. The van der Waals surface area contributed by atoms with E-state index in [9.17, 15) is 9.59 Å². The minimum atomic E-state index is -0.766. The first kappa shape index (κ1) is 16.6. The smallest absolute Gasteiger partial charge is 0.328 e. The van der Waals surface area contributed by atoms with Crippen molar-refractivity contribution >= 4 is 11.9 Å². The van der Waals surface area contributed by atoms with Crippen molar-refractivity contribution in [2.75, 3.05) is 0 Å². The molecule has 1 atom stereocenters. The van der Waals surface area contributed by atoms with Crippen molar-refractivity contribution in [3.05, 3.63) is 41.7 Å². The quantitative estimate of drug-likeness (QED) is 0.763. The van der Waals surface area contributed by atoms with Gasteiger partial charge in [-0.1, -0.05) is 25.1 Å². The van der Waals surface area contributed by atoms with Gasteiger partial charge in [-0.15, -0.1) is 5.10 Å². The van der Waals surface area contributed by atoms with E-state index in [0.29, 0.717) is 17.9 Å². The molecule has 0 fully saturated rings.